The number of hydrogen-bond donors (Lipinski definition) is 1. The summed E-state index contributed by atoms with van der Waals surface area (Å²) >= 11 is 0. The second-order valence-corrected chi connectivity index (χ2v) is 5.05. The Bertz CT molecular complexity index is 406. The maximum Gasteiger partial charge on any atom is 0.123 e. The lowest BCUT2D eigenvalue weighted by molar-refractivity contribution is 0.196. The Kier molecular flexibility index (Phi) is 4.22. The van der Waals surface area contributed by atoms with Crippen LogP contribution in [0.3, 0.4) is 0 Å². The molecule has 2 N–H and O–H groups in total. The van der Waals surface area contributed by atoms with Crippen LogP contribution in [0, 0.1) is 0 Å². The summed E-state index contributed by atoms with van der Waals surface area (Å²) < 4.78 is 5.45. The zero-order valence-corrected chi connectivity index (χ0v) is 11.5. The molecule has 0 radical (unpaired) electrons. The van der Waals surface area contributed by atoms with E-state index in [9.17, 15) is 0 Å². The molecule has 1 heterocycles. The number of hydrogen-bond acceptors (Lipinski definition) is 4. The molecule has 1 aromatic rings. The van der Waals surface area contributed by atoms with Crippen molar-refractivity contribution in [2.45, 2.75) is 12.6 Å². The van der Waals surface area contributed by atoms with Gasteiger partial charge < -0.3 is 15.4 Å². The number of benzene rings is 1. The molecule has 18 heavy (non-hydrogen) atoms. The van der Waals surface area contributed by atoms with Crippen molar-refractivity contribution in [2.24, 2.45) is 5.73 Å². The molecule has 0 aromatic heterocycles. The van der Waals surface area contributed by atoms with Gasteiger partial charge in [-0.25, -0.2) is 0 Å². The van der Waals surface area contributed by atoms with Crippen LogP contribution in [0.1, 0.15) is 17.2 Å². The average Bonchev–Trinajstić information content (AvgIpc) is 2.73. The van der Waals surface area contributed by atoms with Crippen molar-refractivity contribution >= 4 is 0 Å². The first-order valence-electron chi connectivity index (χ1n) is 6.42. The fourth-order valence-corrected chi connectivity index (χ4v) is 2.60. The number of fused-ring (bicyclic) bond motifs is 1. The number of ether oxygens (including phenoxy) is 1. The van der Waals surface area contributed by atoms with Crippen molar-refractivity contribution in [2.75, 3.05) is 40.8 Å². The minimum atomic E-state index is 0.329. The minimum absolute atomic E-state index is 0.329. The van der Waals surface area contributed by atoms with Gasteiger partial charge in [0.1, 0.15) is 5.75 Å². The second-order valence-electron chi connectivity index (χ2n) is 5.05. The molecule has 2 rings (SSSR count). The molecule has 4 heteroatoms. The SMILES string of the molecule is COc1cccc2c1CN(CCN(C)C)C2CN. The van der Waals surface area contributed by atoms with Crippen molar-refractivity contribution in [3.8, 4) is 5.75 Å². The van der Waals surface area contributed by atoms with E-state index in [0.717, 1.165) is 25.4 Å². The number of likely N-dealkylation sites (N-methyl/N-ethyl adjacent to an activating group) is 1. The van der Waals surface area contributed by atoms with Crippen molar-refractivity contribution in [3.63, 3.8) is 0 Å². The summed E-state index contributed by atoms with van der Waals surface area (Å²) in [4.78, 5) is 4.64. The number of methoxy groups -OCH3 is 1. The summed E-state index contributed by atoms with van der Waals surface area (Å²) in [5.74, 6) is 0.985. The van der Waals surface area contributed by atoms with Crippen LogP contribution < -0.4 is 10.5 Å². The number of rotatable bonds is 5. The minimum Gasteiger partial charge on any atom is -0.496 e. The van der Waals surface area contributed by atoms with Gasteiger partial charge in [-0.05, 0) is 25.7 Å². The Hall–Kier alpha value is -1.10. The van der Waals surface area contributed by atoms with Gasteiger partial charge in [0.05, 0.1) is 7.11 Å². The highest BCUT2D eigenvalue weighted by Crippen LogP contribution is 2.37. The summed E-state index contributed by atoms with van der Waals surface area (Å²) in [6.07, 6.45) is 0. The van der Waals surface area contributed by atoms with E-state index in [0.29, 0.717) is 12.6 Å². The Morgan fingerprint density at radius 2 is 2.22 bits per heavy atom. The first-order valence-corrected chi connectivity index (χ1v) is 6.42. The Labute approximate surface area is 109 Å². The second kappa shape index (κ2) is 5.69. The normalized spacial score (nSPS) is 19.3. The average molecular weight is 249 g/mol. The van der Waals surface area contributed by atoms with E-state index in [1.165, 1.54) is 11.1 Å². The molecule has 1 aliphatic heterocycles. The van der Waals surface area contributed by atoms with Gasteiger partial charge >= 0.3 is 0 Å². The third-order valence-corrected chi connectivity index (χ3v) is 3.61. The third kappa shape index (κ3) is 2.51. The number of nitrogens with zero attached hydrogens (tertiary/aromatic N) is 2. The summed E-state index contributed by atoms with van der Waals surface area (Å²) in [6, 6.07) is 6.58. The predicted molar refractivity (Wildman–Crippen MR) is 73.8 cm³/mol. The van der Waals surface area contributed by atoms with E-state index in [-0.39, 0.29) is 0 Å². The first-order chi connectivity index (χ1) is 8.67. The molecule has 1 unspecified atom stereocenters. The summed E-state index contributed by atoms with van der Waals surface area (Å²) in [5.41, 5.74) is 8.57. The highest BCUT2D eigenvalue weighted by Gasteiger charge is 2.30. The van der Waals surface area contributed by atoms with Crippen molar-refractivity contribution < 1.29 is 4.74 Å². The molecule has 0 saturated carbocycles. The molecule has 0 spiro atoms. The van der Waals surface area contributed by atoms with Crippen molar-refractivity contribution in [1.82, 2.24) is 9.80 Å². The fourth-order valence-electron chi connectivity index (χ4n) is 2.60. The van der Waals surface area contributed by atoms with Crippen LogP contribution in [-0.2, 0) is 6.54 Å². The lowest BCUT2D eigenvalue weighted by Crippen LogP contribution is -2.33. The lowest BCUT2D eigenvalue weighted by Gasteiger charge is -2.25. The Balaban J connectivity index is 2.19. The predicted octanol–water partition coefficient (Wildman–Crippen LogP) is 1.07. The van der Waals surface area contributed by atoms with Crippen LogP contribution in [-0.4, -0.2) is 50.6 Å². The maximum absolute atomic E-state index is 5.94. The standard InChI is InChI=1S/C14H23N3O/c1-16(2)7-8-17-10-12-11(13(17)9-15)5-4-6-14(12)18-3/h4-6,13H,7-10,15H2,1-3H3. The van der Waals surface area contributed by atoms with Crippen LogP contribution >= 0.6 is 0 Å². The Morgan fingerprint density at radius 1 is 1.44 bits per heavy atom. The van der Waals surface area contributed by atoms with Gasteiger partial charge in [0, 0.05) is 37.8 Å². The molecule has 0 fully saturated rings. The molecular weight excluding hydrogens is 226 g/mol. The van der Waals surface area contributed by atoms with E-state index in [4.69, 9.17) is 10.5 Å². The topological polar surface area (TPSA) is 41.7 Å². The van der Waals surface area contributed by atoms with Crippen molar-refractivity contribution in [1.29, 1.82) is 0 Å². The Morgan fingerprint density at radius 3 is 2.83 bits per heavy atom. The molecule has 100 valence electrons. The van der Waals surface area contributed by atoms with Gasteiger partial charge in [-0.1, -0.05) is 12.1 Å². The van der Waals surface area contributed by atoms with E-state index >= 15 is 0 Å². The van der Waals surface area contributed by atoms with E-state index in [1.807, 2.05) is 6.07 Å². The molecule has 4 nitrogen and oxygen atoms in total. The van der Waals surface area contributed by atoms with Gasteiger partial charge in [-0.15, -0.1) is 0 Å². The quantitative estimate of drug-likeness (QED) is 0.847. The molecule has 0 aliphatic carbocycles. The molecular formula is C14H23N3O. The highest BCUT2D eigenvalue weighted by atomic mass is 16.5. The highest BCUT2D eigenvalue weighted by molar-refractivity contribution is 5.44. The largest absolute Gasteiger partial charge is 0.496 e. The van der Waals surface area contributed by atoms with Gasteiger partial charge in [-0.2, -0.15) is 0 Å². The molecule has 0 amide bonds. The van der Waals surface area contributed by atoms with E-state index < -0.39 is 0 Å². The fraction of sp³-hybridized carbons (Fsp3) is 0.571. The van der Waals surface area contributed by atoms with Crippen LogP contribution in [0.4, 0.5) is 0 Å². The van der Waals surface area contributed by atoms with Gasteiger partial charge in [-0.3, -0.25) is 4.90 Å². The van der Waals surface area contributed by atoms with Gasteiger partial charge in [0.15, 0.2) is 0 Å². The summed E-state index contributed by atoms with van der Waals surface area (Å²) in [6.45, 7) is 3.68. The van der Waals surface area contributed by atoms with Gasteiger partial charge in [0.2, 0.25) is 0 Å². The van der Waals surface area contributed by atoms with Crippen LogP contribution in [0.15, 0.2) is 18.2 Å². The van der Waals surface area contributed by atoms with Gasteiger partial charge in [0.25, 0.3) is 0 Å². The smallest absolute Gasteiger partial charge is 0.123 e. The maximum atomic E-state index is 5.94. The van der Waals surface area contributed by atoms with Crippen molar-refractivity contribution in [3.05, 3.63) is 29.3 Å². The molecule has 1 atom stereocenters. The lowest BCUT2D eigenvalue weighted by atomic mass is 10.0. The monoisotopic (exact) mass is 249 g/mol. The van der Waals surface area contributed by atoms with E-state index in [1.54, 1.807) is 7.11 Å². The molecule has 1 aliphatic rings. The summed E-state index contributed by atoms with van der Waals surface area (Å²) in [7, 11) is 5.93. The third-order valence-electron chi connectivity index (χ3n) is 3.61. The van der Waals surface area contributed by atoms with Crippen LogP contribution in [0.5, 0.6) is 5.75 Å². The number of nitrogens with two attached hydrogens (primary N) is 1. The molecule has 0 bridgehead atoms. The van der Waals surface area contributed by atoms with E-state index in [2.05, 4.69) is 36.0 Å². The summed E-state index contributed by atoms with van der Waals surface area (Å²) in [5, 5.41) is 0. The zero-order valence-electron chi connectivity index (χ0n) is 11.5. The first kappa shape index (κ1) is 13.3. The van der Waals surface area contributed by atoms with Crippen LogP contribution in [0.25, 0.3) is 0 Å². The van der Waals surface area contributed by atoms with Crippen LogP contribution in [0.2, 0.25) is 0 Å². The zero-order chi connectivity index (χ0) is 13.1. The molecule has 1 aromatic carbocycles. The molecule has 0 saturated heterocycles.